The average molecular weight is 421 g/mol. The van der Waals surface area contributed by atoms with E-state index in [-0.39, 0.29) is 46.0 Å². The number of aromatic hydroxyl groups is 1. The summed E-state index contributed by atoms with van der Waals surface area (Å²) in [5.41, 5.74) is -0.852. The Hall–Kier alpha value is -3.94. The molecule has 0 aliphatic heterocycles. The van der Waals surface area contributed by atoms with Crippen molar-refractivity contribution in [2.75, 3.05) is 16.0 Å². The number of Topliss-reactive ketones (excluding diaryl/α,β-unsaturated/α-hetero) is 1. The van der Waals surface area contributed by atoms with Crippen molar-refractivity contribution in [2.45, 2.75) is 26.8 Å². The minimum Gasteiger partial charge on any atom is -0.505 e. The molecule has 3 aromatic rings. The first-order valence-electron chi connectivity index (χ1n) is 9.76. The SMILES string of the molecule is CC(=O)c1cccc(Nc2c(NC(C(=O)Nc3ccccc3)C(C)C)c(=O)c2=O)c1O. The summed E-state index contributed by atoms with van der Waals surface area (Å²) < 4.78 is 0. The predicted octanol–water partition coefficient (Wildman–Crippen LogP) is 3.01. The van der Waals surface area contributed by atoms with E-state index in [2.05, 4.69) is 16.0 Å². The molecular weight excluding hydrogens is 398 g/mol. The minimum atomic E-state index is -0.791. The van der Waals surface area contributed by atoms with E-state index in [0.29, 0.717) is 5.69 Å². The molecule has 1 amide bonds. The van der Waals surface area contributed by atoms with Gasteiger partial charge < -0.3 is 21.1 Å². The Morgan fingerprint density at radius 2 is 1.55 bits per heavy atom. The second kappa shape index (κ2) is 8.83. The van der Waals surface area contributed by atoms with Crippen LogP contribution in [-0.2, 0) is 4.79 Å². The van der Waals surface area contributed by atoms with Crippen molar-refractivity contribution in [2.24, 2.45) is 5.92 Å². The summed E-state index contributed by atoms with van der Waals surface area (Å²) in [6.45, 7) is 4.92. The van der Waals surface area contributed by atoms with E-state index in [0.717, 1.165) is 0 Å². The van der Waals surface area contributed by atoms with Gasteiger partial charge in [0.1, 0.15) is 23.2 Å². The van der Waals surface area contributed by atoms with Crippen LogP contribution in [0.2, 0.25) is 0 Å². The van der Waals surface area contributed by atoms with Crippen LogP contribution < -0.4 is 26.8 Å². The van der Waals surface area contributed by atoms with Gasteiger partial charge in [-0.1, -0.05) is 38.1 Å². The fourth-order valence-electron chi connectivity index (χ4n) is 3.14. The normalized spacial score (nSPS) is 11.9. The lowest BCUT2D eigenvalue weighted by Gasteiger charge is -2.25. The third kappa shape index (κ3) is 4.48. The van der Waals surface area contributed by atoms with Crippen LogP contribution in [0.3, 0.4) is 0 Å². The number of carbonyl (C=O) groups excluding carboxylic acids is 2. The maximum absolute atomic E-state index is 12.8. The maximum atomic E-state index is 12.8. The summed E-state index contributed by atoms with van der Waals surface area (Å²) in [5.74, 6) is -1.23. The van der Waals surface area contributed by atoms with Gasteiger partial charge >= 0.3 is 0 Å². The molecule has 0 bridgehead atoms. The third-order valence-corrected chi connectivity index (χ3v) is 4.88. The highest BCUT2D eigenvalue weighted by atomic mass is 16.3. The van der Waals surface area contributed by atoms with Gasteiger partial charge in [-0.05, 0) is 37.1 Å². The largest absolute Gasteiger partial charge is 0.505 e. The van der Waals surface area contributed by atoms with E-state index in [1.165, 1.54) is 19.1 Å². The fourth-order valence-corrected chi connectivity index (χ4v) is 3.14. The number of phenols is 1. The first-order valence-corrected chi connectivity index (χ1v) is 9.76. The lowest BCUT2D eigenvalue weighted by Crippen LogP contribution is -2.45. The quantitative estimate of drug-likeness (QED) is 0.250. The lowest BCUT2D eigenvalue weighted by atomic mass is 10.0. The van der Waals surface area contributed by atoms with E-state index in [4.69, 9.17) is 0 Å². The summed E-state index contributed by atoms with van der Waals surface area (Å²) in [6.07, 6.45) is 0. The van der Waals surface area contributed by atoms with Crippen LogP contribution in [-0.4, -0.2) is 22.8 Å². The minimum absolute atomic E-state index is 0.0421. The highest BCUT2D eigenvalue weighted by Gasteiger charge is 2.29. The molecule has 0 heterocycles. The Morgan fingerprint density at radius 1 is 0.903 bits per heavy atom. The summed E-state index contributed by atoms with van der Waals surface area (Å²) in [4.78, 5) is 48.8. The van der Waals surface area contributed by atoms with E-state index >= 15 is 0 Å². The van der Waals surface area contributed by atoms with Crippen LogP contribution in [0.5, 0.6) is 5.75 Å². The van der Waals surface area contributed by atoms with Crippen molar-refractivity contribution in [1.82, 2.24) is 0 Å². The van der Waals surface area contributed by atoms with E-state index < -0.39 is 16.9 Å². The van der Waals surface area contributed by atoms with Crippen molar-refractivity contribution in [3.8, 4) is 5.75 Å². The van der Waals surface area contributed by atoms with Crippen molar-refractivity contribution in [1.29, 1.82) is 0 Å². The molecule has 0 saturated carbocycles. The number of benzene rings is 2. The van der Waals surface area contributed by atoms with Gasteiger partial charge in [-0.3, -0.25) is 19.2 Å². The molecule has 0 aromatic heterocycles. The molecule has 3 aromatic carbocycles. The second-order valence-corrected chi connectivity index (χ2v) is 7.51. The molecule has 3 rings (SSSR count). The number of phenolic OH excluding ortho intramolecular Hbond substituents is 1. The fraction of sp³-hybridized carbons (Fsp3) is 0.217. The summed E-state index contributed by atoms with van der Waals surface area (Å²) in [6, 6.07) is 12.6. The molecule has 8 nitrogen and oxygen atoms in total. The second-order valence-electron chi connectivity index (χ2n) is 7.51. The number of hydrogen-bond acceptors (Lipinski definition) is 7. The zero-order chi connectivity index (χ0) is 22.7. The molecule has 0 fully saturated rings. The summed E-state index contributed by atoms with van der Waals surface area (Å²) in [7, 11) is 0. The molecule has 0 radical (unpaired) electrons. The number of carbonyl (C=O) groups is 2. The Bertz CT molecular complexity index is 1190. The first kappa shape index (κ1) is 21.8. The Morgan fingerprint density at radius 3 is 2.16 bits per heavy atom. The van der Waals surface area contributed by atoms with Crippen molar-refractivity contribution in [3.05, 3.63) is 74.5 Å². The van der Waals surface area contributed by atoms with Gasteiger partial charge in [0.15, 0.2) is 5.78 Å². The standard InChI is InChI=1S/C23H23N3O5/c1-12(2)17(23(31)24-14-8-5-4-6-9-14)26-19-18(21(29)22(19)30)25-16-11-7-10-15(13(3)27)20(16)28/h4-12,17,25-26,28H,1-3H3,(H,24,31). The van der Waals surface area contributed by atoms with Gasteiger partial charge in [-0.15, -0.1) is 0 Å². The van der Waals surface area contributed by atoms with Gasteiger partial charge in [0.05, 0.1) is 11.3 Å². The van der Waals surface area contributed by atoms with Gasteiger partial charge in [0.2, 0.25) is 5.91 Å². The van der Waals surface area contributed by atoms with Gasteiger partial charge in [-0.2, -0.15) is 0 Å². The maximum Gasteiger partial charge on any atom is 0.253 e. The number of hydrogen-bond donors (Lipinski definition) is 4. The number of nitrogens with one attached hydrogen (secondary N) is 3. The summed E-state index contributed by atoms with van der Waals surface area (Å²) in [5, 5.41) is 18.7. The number of anilines is 4. The molecule has 0 saturated heterocycles. The van der Waals surface area contributed by atoms with Crippen LogP contribution in [0.4, 0.5) is 22.7 Å². The van der Waals surface area contributed by atoms with Gasteiger partial charge in [0, 0.05) is 5.69 Å². The highest BCUT2D eigenvalue weighted by molar-refractivity contribution is 6.00. The molecule has 4 N–H and O–H groups in total. The third-order valence-electron chi connectivity index (χ3n) is 4.88. The lowest BCUT2D eigenvalue weighted by molar-refractivity contribution is -0.117. The average Bonchev–Trinajstić information content (AvgIpc) is 2.74. The van der Waals surface area contributed by atoms with Crippen LogP contribution in [0.1, 0.15) is 31.1 Å². The van der Waals surface area contributed by atoms with E-state index in [9.17, 15) is 24.3 Å². The highest BCUT2D eigenvalue weighted by Crippen LogP contribution is 2.32. The Kier molecular flexibility index (Phi) is 6.20. The molecule has 1 atom stereocenters. The molecule has 8 heteroatoms. The van der Waals surface area contributed by atoms with Crippen molar-refractivity contribution < 1.29 is 14.7 Å². The van der Waals surface area contributed by atoms with Crippen LogP contribution in [0, 0.1) is 5.92 Å². The molecule has 160 valence electrons. The number of amides is 1. The van der Waals surface area contributed by atoms with Gasteiger partial charge in [-0.25, -0.2) is 0 Å². The topological polar surface area (TPSA) is 125 Å². The first-order chi connectivity index (χ1) is 14.7. The predicted molar refractivity (Wildman–Crippen MR) is 120 cm³/mol. The smallest absolute Gasteiger partial charge is 0.253 e. The Balaban J connectivity index is 1.86. The molecule has 0 aliphatic carbocycles. The molecular formula is C23H23N3O5. The zero-order valence-corrected chi connectivity index (χ0v) is 17.4. The Labute approximate surface area is 178 Å². The molecule has 31 heavy (non-hydrogen) atoms. The van der Waals surface area contributed by atoms with E-state index in [1.807, 2.05) is 19.9 Å². The van der Waals surface area contributed by atoms with Crippen LogP contribution in [0.15, 0.2) is 58.1 Å². The van der Waals surface area contributed by atoms with Crippen LogP contribution >= 0.6 is 0 Å². The number of para-hydroxylation sites is 2. The zero-order valence-electron chi connectivity index (χ0n) is 17.4. The summed E-state index contributed by atoms with van der Waals surface area (Å²) >= 11 is 0. The number of ketones is 1. The van der Waals surface area contributed by atoms with Crippen molar-refractivity contribution >= 4 is 34.4 Å². The molecule has 1 unspecified atom stereocenters. The van der Waals surface area contributed by atoms with Crippen molar-refractivity contribution in [3.63, 3.8) is 0 Å². The van der Waals surface area contributed by atoms with Gasteiger partial charge in [0.25, 0.3) is 10.9 Å². The van der Waals surface area contributed by atoms with E-state index in [1.54, 1.807) is 30.3 Å². The monoisotopic (exact) mass is 421 g/mol. The molecule has 0 spiro atoms. The van der Waals surface area contributed by atoms with Crippen LogP contribution in [0.25, 0.3) is 0 Å². The number of rotatable bonds is 8. The molecule has 0 aliphatic rings.